The molecule has 2 N–H and O–H groups in total. The van der Waals surface area contributed by atoms with Gasteiger partial charge in [-0.2, -0.15) is 0 Å². The Bertz CT molecular complexity index is 1070. The van der Waals surface area contributed by atoms with Crippen molar-refractivity contribution in [3.63, 3.8) is 0 Å². The molecule has 2 fully saturated rings. The molecule has 2 saturated carbocycles. The van der Waals surface area contributed by atoms with Crippen molar-refractivity contribution in [2.45, 2.75) is 113 Å². The highest BCUT2D eigenvalue weighted by atomic mass is 16.5. The molecule has 4 aliphatic rings. The number of hydrogen-bond acceptors (Lipinski definition) is 4. The summed E-state index contributed by atoms with van der Waals surface area (Å²) in [6, 6.07) is 0. The van der Waals surface area contributed by atoms with E-state index in [9.17, 15) is 19.8 Å². The Morgan fingerprint density at radius 3 is 2.37 bits per heavy atom. The van der Waals surface area contributed by atoms with E-state index in [0.717, 1.165) is 31.3 Å². The average Bonchev–Trinajstić information content (AvgIpc) is 3.01. The van der Waals surface area contributed by atoms with Gasteiger partial charge in [0, 0.05) is 23.7 Å². The Morgan fingerprint density at radius 1 is 1.13 bits per heavy atom. The molecule has 0 aliphatic heterocycles. The number of esters is 1. The van der Waals surface area contributed by atoms with Gasteiger partial charge in [-0.1, -0.05) is 72.8 Å². The van der Waals surface area contributed by atoms with E-state index in [2.05, 4.69) is 67.2 Å². The molecular weight excluding hydrogens is 476 g/mol. The van der Waals surface area contributed by atoms with Crippen LogP contribution in [0.4, 0.5) is 0 Å². The maximum Gasteiger partial charge on any atom is 0.306 e. The topological polar surface area (TPSA) is 83.8 Å². The Morgan fingerprint density at radius 2 is 1.79 bits per heavy atom. The highest BCUT2D eigenvalue weighted by molar-refractivity contribution is 5.71. The molecule has 0 unspecified atom stereocenters. The zero-order valence-corrected chi connectivity index (χ0v) is 24.9. The molecule has 4 aliphatic carbocycles. The summed E-state index contributed by atoms with van der Waals surface area (Å²) < 4.78 is 5.80. The largest absolute Gasteiger partial charge is 0.481 e. The standard InChI is InChI=1S/C33H50O5/c1-19(2)20(3)10-11-22(29(36)37)28-25(35)18-33(9)24-12-13-26-30(5,6)27(38-21(4)34)15-16-31(26,7)23(24)14-17-32(28,33)8/h12,14,19,22,25-28,35H,3,10-11,13,15-18H2,1-2,4-9H3,(H,36,37)/t22-,25-,26+,27+,28+,31-,32-,33+/m1/s1. The molecule has 5 heteroatoms. The van der Waals surface area contributed by atoms with Gasteiger partial charge in [0.25, 0.3) is 0 Å². The average molecular weight is 527 g/mol. The van der Waals surface area contributed by atoms with Crippen LogP contribution in [0.1, 0.15) is 100 Å². The van der Waals surface area contributed by atoms with Gasteiger partial charge in [0.2, 0.25) is 0 Å². The molecule has 0 aromatic carbocycles. The molecule has 0 heterocycles. The van der Waals surface area contributed by atoms with Crippen molar-refractivity contribution >= 4 is 11.9 Å². The van der Waals surface area contributed by atoms with E-state index in [1.165, 1.54) is 18.1 Å². The van der Waals surface area contributed by atoms with Crippen molar-refractivity contribution in [3.05, 3.63) is 35.5 Å². The smallest absolute Gasteiger partial charge is 0.306 e. The summed E-state index contributed by atoms with van der Waals surface area (Å²) in [6.45, 7) is 21.2. The molecule has 0 spiro atoms. The van der Waals surface area contributed by atoms with Gasteiger partial charge < -0.3 is 14.9 Å². The van der Waals surface area contributed by atoms with E-state index in [1.807, 2.05) is 0 Å². The van der Waals surface area contributed by atoms with Crippen LogP contribution in [0.5, 0.6) is 0 Å². The molecule has 0 saturated heterocycles. The maximum absolute atomic E-state index is 12.6. The number of carboxylic acids is 1. The van der Waals surface area contributed by atoms with Gasteiger partial charge in [-0.25, -0.2) is 0 Å². The van der Waals surface area contributed by atoms with E-state index in [-0.39, 0.29) is 39.7 Å². The molecular formula is C33H50O5. The second kappa shape index (κ2) is 9.64. The highest BCUT2D eigenvalue weighted by Gasteiger charge is 2.66. The van der Waals surface area contributed by atoms with Crippen molar-refractivity contribution in [2.75, 3.05) is 0 Å². The maximum atomic E-state index is 12.6. The van der Waals surface area contributed by atoms with Gasteiger partial charge >= 0.3 is 11.9 Å². The number of fused-ring (bicyclic) bond motifs is 5. The molecule has 0 amide bonds. The number of rotatable bonds is 7. The second-order valence-electron chi connectivity index (χ2n) is 14.4. The monoisotopic (exact) mass is 526 g/mol. The van der Waals surface area contributed by atoms with Gasteiger partial charge in [0.05, 0.1) is 12.0 Å². The van der Waals surface area contributed by atoms with Crippen molar-refractivity contribution in [1.29, 1.82) is 0 Å². The summed E-state index contributed by atoms with van der Waals surface area (Å²) in [4.78, 5) is 24.5. The number of carboxylic acid groups (broad SMARTS) is 1. The van der Waals surface area contributed by atoms with Crippen LogP contribution < -0.4 is 0 Å². The molecule has 0 aromatic heterocycles. The first-order chi connectivity index (χ1) is 17.5. The molecule has 4 rings (SSSR count). The lowest BCUT2D eigenvalue weighted by Gasteiger charge is -2.61. The summed E-state index contributed by atoms with van der Waals surface area (Å²) >= 11 is 0. The Kier molecular flexibility index (Phi) is 7.39. The van der Waals surface area contributed by atoms with Crippen LogP contribution >= 0.6 is 0 Å². The third-order valence-electron chi connectivity index (χ3n) is 11.9. The SMILES string of the molecule is C=C(CC[C@@H](C(=O)O)[C@H]1[C@H](O)C[C@@]2(C)C3=CC[C@H]4C(C)(C)[C@@H](OC(C)=O)CC[C@]4(C)C3=CC[C@]12C)C(C)C. The fourth-order valence-electron chi connectivity index (χ4n) is 9.30. The fourth-order valence-corrected chi connectivity index (χ4v) is 9.30. The Labute approximate surface area is 229 Å². The zero-order valence-electron chi connectivity index (χ0n) is 24.9. The predicted octanol–water partition coefficient (Wildman–Crippen LogP) is 7.11. The molecule has 38 heavy (non-hydrogen) atoms. The van der Waals surface area contributed by atoms with E-state index in [0.29, 0.717) is 31.1 Å². The number of aliphatic hydroxyl groups is 1. The number of carbonyl (C=O) groups is 2. The number of aliphatic hydroxyl groups excluding tert-OH is 1. The first-order valence-electron chi connectivity index (χ1n) is 14.7. The normalized spacial score (nSPS) is 40.3. The van der Waals surface area contributed by atoms with Crippen LogP contribution in [0.2, 0.25) is 0 Å². The molecule has 5 nitrogen and oxygen atoms in total. The first kappa shape index (κ1) is 29.1. The minimum Gasteiger partial charge on any atom is -0.481 e. The van der Waals surface area contributed by atoms with E-state index >= 15 is 0 Å². The lowest BCUT2D eigenvalue weighted by molar-refractivity contribution is -0.165. The molecule has 0 aromatic rings. The molecule has 212 valence electrons. The van der Waals surface area contributed by atoms with Crippen molar-refractivity contribution in [3.8, 4) is 0 Å². The lowest BCUT2D eigenvalue weighted by Crippen LogP contribution is -2.55. The minimum atomic E-state index is -0.805. The molecule has 0 radical (unpaired) electrons. The number of aliphatic carboxylic acids is 1. The van der Waals surface area contributed by atoms with E-state index in [1.54, 1.807) is 0 Å². The summed E-state index contributed by atoms with van der Waals surface area (Å²) in [5.41, 5.74) is 2.93. The van der Waals surface area contributed by atoms with Crippen LogP contribution in [0, 0.1) is 45.3 Å². The van der Waals surface area contributed by atoms with Crippen molar-refractivity contribution in [1.82, 2.24) is 0 Å². The highest BCUT2D eigenvalue weighted by Crippen LogP contribution is 2.72. The van der Waals surface area contributed by atoms with Crippen LogP contribution in [-0.2, 0) is 14.3 Å². The summed E-state index contributed by atoms with van der Waals surface area (Å²) in [6.07, 6.45) is 9.26. The number of hydrogen-bond donors (Lipinski definition) is 2. The first-order valence-corrected chi connectivity index (χ1v) is 14.7. The van der Waals surface area contributed by atoms with Crippen LogP contribution in [0.3, 0.4) is 0 Å². The quantitative estimate of drug-likeness (QED) is 0.273. The third-order valence-corrected chi connectivity index (χ3v) is 11.9. The predicted molar refractivity (Wildman–Crippen MR) is 150 cm³/mol. The lowest BCUT2D eigenvalue weighted by atomic mass is 9.44. The van der Waals surface area contributed by atoms with Gasteiger partial charge in [0.1, 0.15) is 6.10 Å². The van der Waals surface area contributed by atoms with Crippen molar-refractivity contribution < 1.29 is 24.5 Å². The van der Waals surface area contributed by atoms with Crippen LogP contribution in [-0.4, -0.2) is 34.4 Å². The molecule has 0 bridgehead atoms. The molecule has 8 atom stereocenters. The number of carbonyl (C=O) groups excluding carboxylic acids is 1. The van der Waals surface area contributed by atoms with E-state index < -0.39 is 18.0 Å². The second-order valence-corrected chi connectivity index (χ2v) is 14.4. The zero-order chi connectivity index (χ0) is 28.4. The Hall–Kier alpha value is -1.88. The van der Waals surface area contributed by atoms with Crippen LogP contribution in [0.25, 0.3) is 0 Å². The fraction of sp³-hybridized carbons (Fsp3) is 0.758. The summed E-state index contributed by atoms with van der Waals surface area (Å²) in [5.74, 6) is -1.28. The van der Waals surface area contributed by atoms with Gasteiger partial charge in [-0.15, -0.1) is 0 Å². The minimum absolute atomic E-state index is 0.0428. The van der Waals surface area contributed by atoms with E-state index in [4.69, 9.17) is 4.74 Å². The summed E-state index contributed by atoms with van der Waals surface area (Å²) in [5, 5.41) is 21.9. The number of allylic oxidation sites excluding steroid dienone is 5. The third kappa shape index (κ3) is 4.22. The van der Waals surface area contributed by atoms with Gasteiger partial charge in [-0.05, 0) is 78.8 Å². The summed E-state index contributed by atoms with van der Waals surface area (Å²) in [7, 11) is 0. The van der Waals surface area contributed by atoms with Crippen molar-refractivity contribution in [2.24, 2.45) is 45.3 Å². The van der Waals surface area contributed by atoms with Crippen LogP contribution in [0.15, 0.2) is 35.5 Å². The Balaban J connectivity index is 1.70. The van der Waals surface area contributed by atoms with Gasteiger partial charge in [0.15, 0.2) is 0 Å². The number of ether oxygens (including phenoxy) is 1. The van der Waals surface area contributed by atoms with Gasteiger partial charge in [-0.3, -0.25) is 9.59 Å².